The number of quaternary nitrogens is 1. The van der Waals surface area contributed by atoms with Crippen molar-refractivity contribution in [2.75, 3.05) is 34.6 Å². The van der Waals surface area contributed by atoms with Gasteiger partial charge in [0.05, 0.1) is 33.4 Å². The minimum Gasteiger partial charge on any atom is -0.493 e. The molecule has 30 heavy (non-hydrogen) atoms. The number of fused-ring (bicyclic) bond motifs is 5. The number of carbonyl (C=O) groups excluding carboxylic acids is 1. The molecule has 3 heterocycles. The van der Waals surface area contributed by atoms with E-state index in [9.17, 15) is 4.79 Å². The van der Waals surface area contributed by atoms with Crippen LogP contribution in [-0.4, -0.2) is 45.1 Å². The Balaban J connectivity index is 1.72. The van der Waals surface area contributed by atoms with E-state index < -0.39 is 6.10 Å². The normalized spacial score (nSPS) is 25.6. The molecule has 2 aromatic carbocycles. The predicted octanol–water partition coefficient (Wildman–Crippen LogP) is 3.29. The highest BCUT2D eigenvalue weighted by Crippen LogP contribution is 2.54. The fourth-order valence-electron chi connectivity index (χ4n) is 5.28. The van der Waals surface area contributed by atoms with E-state index in [1.165, 1.54) is 12.5 Å². The standard InChI is InChI=1S/C23H26NO6/c1-13(25)30-23-15-5-6-18(26-3)22(27-4)17(15)11-24(2)8-7-14-9-19-20(29-12-28-19)10-16(14)21(23)24/h5-6,9-10,21,23H,7-8,11-12H2,1-4H3/q+1/t21-,23-,24-/m1/s1. The number of carbonyl (C=O) groups is 1. The number of rotatable bonds is 3. The van der Waals surface area contributed by atoms with Crippen molar-refractivity contribution in [2.24, 2.45) is 0 Å². The summed E-state index contributed by atoms with van der Waals surface area (Å²) >= 11 is 0. The van der Waals surface area contributed by atoms with Gasteiger partial charge in [0.2, 0.25) is 6.79 Å². The maximum absolute atomic E-state index is 12.1. The highest BCUT2D eigenvalue weighted by Gasteiger charge is 2.52. The quantitative estimate of drug-likeness (QED) is 0.570. The Bertz CT molecular complexity index is 1030. The van der Waals surface area contributed by atoms with E-state index in [1.807, 2.05) is 12.1 Å². The summed E-state index contributed by atoms with van der Waals surface area (Å²) < 4.78 is 29.2. The first-order valence-electron chi connectivity index (χ1n) is 10.1. The van der Waals surface area contributed by atoms with E-state index in [4.69, 9.17) is 23.7 Å². The van der Waals surface area contributed by atoms with Crippen LogP contribution in [0.5, 0.6) is 23.0 Å². The molecule has 0 spiro atoms. The number of benzene rings is 2. The lowest BCUT2D eigenvalue weighted by atomic mass is 9.79. The van der Waals surface area contributed by atoms with Gasteiger partial charge in [-0.25, -0.2) is 0 Å². The van der Waals surface area contributed by atoms with Gasteiger partial charge in [-0.2, -0.15) is 0 Å². The van der Waals surface area contributed by atoms with Crippen LogP contribution in [0, 0.1) is 0 Å². The molecular formula is C23H26NO6+. The molecule has 7 nitrogen and oxygen atoms in total. The molecule has 3 aliphatic heterocycles. The molecule has 0 unspecified atom stereocenters. The molecular weight excluding hydrogens is 386 g/mol. The van der Waals surface area contributed by atoms with Crippen molar-refractivity contribution >= 4 is 5.97 Å². The largest absolute Gasteiger partial charge is 0.493 e. The Morgan fingerprint density at radius 1 is 1.10 bits per heavy atom. The number of esters is 1. The Hall–Kier alpha value is -2.93. The molecule has 3 atom stereocenters. The summed E-state index contributed by atoms with van der Waals surface area (Å²) in [7, 11) is 5.50. The molecule has 3 aliphatic rings. The van der Waals surface area contributed by atoms with Gasteiger partial charge in [0.25, 0.3) is 0 Å². The highest BCUT2D eigenvalue weighted by molar-refractivity contribution is 5.67. The van der Waals surface area contributed by atoms with Crippen molar-refractivity contribution < 1.29 is 33.0 Å². The van der Waals surface area contributed by atoms with E-state index in [2.05, 4.69) is 19.2 Å². The third-order valence-corrected chi connectivity index (χ3v) is 6.61. The third-order valence-electron chi connectivity index (χ3n) is 6.61. The van der Waals surface area contributed by atoms with Crippen molar-refractivity contribution in [3.63, 3.8) is 0 Å². The summed E-state index contributed by atoms with van der Waals surface area (Å²) in [6.07, 6.45) is 0.475. The topological polar surface area (TPSA) is 63.2 Å². The molecule has 0 N–H and O–H groups in total. The summed E-state index contributed by atoms with van der Waals surface area (Å²) in [5, 5.41) is 0. The molecule has 0 saturated carbocycles. The minimum absolute atomic E-state index is 0.0437. The monoisotopic (exact) mass is 412 g/mol. The van der Waals surface area contributed by atoms with Gasteiger partial charge >= 0.3 is 5.97 Å². The van der Waals surface area contributed by atoms with Crippen LogP contribution in [-0.2, 0) is 22.5 Å². The van der Waals surface area contributed by atoms with Crippen molar-refractivity contribution in [1.82, 2.24) is 0 Å². The van der Waals surface area contributed by atoms with Crippen molar-refractivity contribution in [3.05, 3.63) is 46.5 Å². The number of methoxy groups -OCH3 is 2. The molecule has 0 bridgehead atoms. The van der Waals surface area contributed by atoms with Crippen LogP contribution >= 0.6 is 0 Å². The van der Waals surface area contributed by atoms with Crippen LogP contribution in [0.1, 0.15) is 41.3 Å². The highest BCUT2D eigenvalue weighted by atomic mass is 16.7. The average Bonchev–Trinajstić information content (AvgIpc) is 3.17. The average molecular weight is 412 g/mol. The maximum atomic E-state index is 12.1. The number of nitrogens with zero attached hydrogens (tertiary/aromatic N) is 1. The van der Waals surface area contributed by atoms with Crippen LogP contribution in [0.3, 0.4) is 0 Å². The van der Waals surface area contributed by atoms with Crippen molar-refractivity contribution in [2.45, 2.75) is 32.0 Å². The van der Waals surface area contributed by atoms with E-state index in [-0.39, 0.29) is 18.8 Å². The first kappa shape index (κ1) is 19.1. The molecule has 0 radical (unpaired) electrons. The fraction of sp³-hybridized carbons (Fsp3) is 0.435. The first-order chi connectivity index (χ1) is 14.4. The van der Waals surface area contributed by atoms with Gasteiger partial charge in [-0.15, -0.1) is 0 Å². The molecule has 0 saturated heterocycles. The lowest BCUT2D eigenvalue weighted by Crippen LogP contribution is -2.55. The molecule has 0 fully saturated rings. The van der Waals surface area contributed by atoms with Crippen molar-refractivity contribution in [1.29, 1.82) is 0 Å². The second-order valence-corrected chi connectivity index (χ2v) is 8.36. The Kier molecular flexibility index (Phi) is 4.32. The van der Waals surface area contributed by atoms with Gasteiger partial charge in [-0.1, -0.05) is 6.07 Å². The Morgan fingerprint density at radius 3 is 2.57 bits per heavy atom. The van der Waals surface area contributed by atoms with Gasteiger partial charge in [-0.05, 0) is 23.8 Å². The summed E-state index contributed by atoms with van der Waals surface area (Å²) in [6.45, 7) is 3.37. The summed E-state index contributed by atoms with van der Waals surface area (Å²) in [5.41, 5.74) is 4.38. The van der Waals surface area contributed by atoms with Gasteiger partial charge in [0, 0.05) is 24.5 Å². The summed E-state index contributed by atoms with van der Waals surface area (Å²) in [5.74, 6) is 2.63. The van der Waals surface area contributed by atoms with E-state index >= 15 is 0 Å². The van der Waals surface area contributed by atoms with Crippen LogP contribution in [0.15, 0.2) is 24.3 Å². The maximum Gasteiger partial charge on any atom is 0.303 e. The van der Waals surface area contributed by atoms with Crippen LogP contribution < -0.4 is 18.9 Å². The van der Waals surface area contributed by atoms with Gasteiger partial charge in [0.15, 0.2) is 35.1 Å². The fourth-order valence-corrected chi connectivity index (χ4v) is 5.28. The van der Waals surface area contributed by atoms with E-state index in [1.54, 1.807) is 14.2 Å². The number of hydrogen-bond donors (Lipinski definition) is 0. The Labute approximate surface area is 175 Å². The Morgan fingerprint density at radius 2 is 1.87 bits per heavy atom. The SMILES string of the molecule is COc1ccc2c(c1OC)C[N@@+]1(C)CCc3cc4c(cc3[C@@H]1[C@@H]2OC(C)=O)OCO4. The third kappa shape index (κ3) is 2.72. The zero-order chi connectivity index (χ0) is 21.0. The lowest BCUT2D eigenvalue weighted by molar-refractivity contribution is -0.960. The van der Waals surface area contributed by atoms with Crippen LogP contribution in [0.25, 0.3) is 0 Å². The zero-order valence-electron chi connectivity index (χ0n) is 17.7. The smallest absolute Gasteiger partial charge is 0.303 e. The van der Waals surface area contributed by atoms with E-state index in [0.717, 1.165) is 47.7 Å². The zero-order valence-corrected chi connectivity index (χ0v) is 17.7. The molecule has 7 heteroatoms. The van der Waals surface area contributed by atoms with Crippen LogP contribution in [0.2, 0.25) is 0 Å². The second-order valence-electron chi connectivity index (χ2n) is 8.36. The van der Waals surface area contributed by atoms with Crippen molar-refractivity contribution in [3.8, 4) is 23.0 Å². The molecule has 158 valence electrons. The number of hydrogen-bond acceptors (Lipinski definition) is 6. The van der Waals surface area contributed by atoms with E-state index in [0.29, 0.717) is 16.0 Å². The summed E-state index contributed by atoms with van der Waals surface area (Å²) in [6, 6.07) is 7.98. The summed E-state index contributed by atoms with van der Waals surface area (Å²) in [4.78, 5) is 12.1. The predicted molar refractivity (Wildman–Crippen MR) is 108 cm³/mol. The van der Waals surface area contributed by atoms with Gasteiger partial charge < -0.3 is 28.2 Å². The molecule has 0 amide bonds. The van der Waals surface area contributed by atoms with Crippen LogP contribution in [0.4, 0.5) is 0 Å². The molecule has 0 aromatic heterocycles. The first-order valence-corrected chi connectivity index (χ1v) is 10.1. The lowest BCUT2D eigenvalue weighted by Gasteiger charge is -2.51. The molecule has 5 rings (SSSR count). The minimum atomic E-state index is -0.435. The molecule has 2 aromatic rings. The second kappa shape index (κ2) is 6.80. The molecule has 0 aliphatic carbocycles. The van der Waals surface area contributed by atoms with Gasteiger partial charge in [0.1, 0.15) is 6.54 Å². The van der Waals surface area contributed by atoms with Gasteiger partial charge in [-0.3, -0.25) is 4.79 Å². The number of ether oxygens (including phenoxy) is 5. The number of likely N-dealkylation sites (N-methyl/N-ethyl adjacent to an activating group) is 1.